The number of ether oxygens (including phenoxy) is 2. The van der Waals surface area contributed by atoms with Crippen LogP contribution in [0.3, 0.4) is 0 Å². The molecule has 1 aliphatic rings. The Morgan fingerprint density at radius 2 is 2.06 bits per heavy atom. The van der Waals surface area contributed by atoms with Crippen LogP contribution in [0.15, 0.2) is 35.1 Å². The zero-order chi connectivity index (χ0) is 13.0. The molecule has 1 N–H and O–H groups in total. The fourth-order valence-corrected chi connectivity index (χ4v) is 1.15. The monoisotopic (exact) mass is 238 g/mol. The molecule has 5 heteroatoms. The highest BCUT2D eigenvalue weighted by Gasteiger charge is 2.28. The second-order valence-corrected chi connectivity index (χ2v) is 3.71. The third-order valence-corrected chi connectivity index (χ3v) is 2.33. The van der Waals surface area contributed by atoms with Gasteiger partial charge < -0.3 is 14.6 Å². The van der Waals surface area contributed by atoms with Crippen LogP contribution >= 0.6 is 0 Å². The van der Waals surface area contributed by atoms with E-state index < -0.39 is 12.3 Å². The van der Waals surface area contributed by atoms with E-state index in [1.165, 1.54) is 12.3 Å². The van der Waals surface area contributed by atoms with Crippen molar-refractivity contribution in [2.45, 2.75) is 27.1 Å². The smallest absolute Gasteiger partial charge is 0.337 e. The largest absolute Gasteiger partial charge is 0.478 e. The summed E-state index contributed by atoms with van der Waals surface area (Å²) in [5, 5.41) is 8.42. The molecule has 0 aromatic carbocycles. The molecule has 1 aliphatic heterocycles. The van der Waals surface area contributed by atoms with Crippen molar-refractivity contribution in [1.82, 2.24) is 0 Å². The van der Waals surface area contributed by atoms with Crippen molar-refractivity contribution in [1.29, 1.82) is 0 Å². The summed E-state index contributed by atoms with van der Waals surface area (Å²) in [5.41, 5.74) is 1.88. The van der Waals surface area contributed by atoms with Crippen molar-refractivity contribution in [3.63, 3.8) is 0 Å². The van der Waals surface area contributed by atoms with Crippen LogP contribution in [0.4, 0.5) is 0 Å². The molecule has 0 spiro atoms. The van der Waals surface area contributed by atoms with Crippen molar-refractivity contribution in [2.75, 3.05) is 0 Å². The standard InChI is InChI=1S/C12H14O5/c1-7(4-5-10(13)14)6-16-12-9(3)8(2)11(15)17-12/h4-6,12H,1-3H3,(H,13,14)/b5-4+,7-6+. The minimum absolute atomic E-state index is 0.389. The number of aliphatic carboxylic acids is 1. The van der Waals surface area contributed by atoms with Crippen LogP contribution in [0.2, 0.25) is 0 Å². The van der Waals surface area contributed by atoms with E-state index in [9.17, 15) is 9.59 Å². The van der Waals surface area contributed by atoms with Gasteiger partial charge in [-0.25, -0.2) is 9.59 Å². The molecule has 1 atom stereocenters. The second-order valence-electron chi connectivity index (χ2n) is 3.71. The number of allylic oxidation sites excluding steroid dienone is 2. The highest BCUT2D eigenvalue weighted by molar-refractivity contribution is 5.91. The molecule has 5 nitrogen and oxygen atoms in total. The molecule has 0 saturated heterocycles. The fourth-order valence-electron chi connectivity index (χ4n) is 1.15. The van der Waals surface area contributed by atoms with Gasteiger partial charge in [0.05, 0.1) is 6.26 Å². The van der Waals surface area contributed by atoms with Crippen LogP contribution in [0, 0.1) is 0 Å². The predicted octanol–water partition coefficient (Wildman–Crippen LogP) is 1.77. The Hall–Kier alpha value is -2.04. The number of carbonyl (C=O) groups is 2. The van der Waals surface area contributed by atoms with Gasteiger partial charge in [-0.3, -0.25) is 0 Å². The first kappa shape index (κ1) is 13.0. The molecule has 1 rings (SSSR count). The third kappa shape index (κ3) is 3.48. The Morgan fingerprint density at radius 1 is 1.41 bits per heavy atom. The average molecular weight is 238 g/mol. The van der Waals surface area contributed by atoms with Crippen LogP contribution in [-0.4, -0.2) is 23.3 Å². The second kappa shape index (κ2) is 5.34. The summed E-state index contributed by atoms with van der Waals surface area (Å²) in [6.45, 7) is 5.10. The number of carbonyl (C=O) groups excluding carboxylic acids is 1. The lowest BCUT2D eigenvalue weighted by Gasteiger charge is -2.10. The Bertz CT molecular complexity index is 428. The molecule has 0 aromatic heterocycles. The zero-order valence-corrected chi connectivity index (χ0v) is 9.89. The molecule has 0 saturated carbocycles. The number of hydrogen-bond donors (Lipinski definition) is 1. The van der Waals surface area contributed by atoms with Crippen LogP contribution in [0.1, 0.15) is 20.8 Å². The minimum Gasteiger partial charge on any atom is -0.478 e. The van der Waals surface area contributed by atoms with E-state index in [1.54, 1.807) is 20.8 Å². The Morgan fingerprint density at radius 3 is 2.53 bits per heavy atom. The molecule has 0 amide bonds. The van der Waals surface area contributed by atoms with Gasteiger partial charge in [0.1, 0.15) is 0 Å². The van der Waals surface area contributed by atoms with E-state index >= 15 is 0 Å². The lowest BCUT2D eigenvalue weighted by molar-refractivity contribution is -0.153. The maximum atomic E-state index is 11.2. The predicted molar refractivity (Wildman–Crippen MR) is 59.9 cm³/mol. The maximum absolute atomic E-state index is 11.2. The van der Waals surface area contributed by atoms with Gasteiger partial charge in [-0.2, -0.15) is 0 Å². The molecular formula is C12H14O5. The molecule has 0 aromatic rings. The highest BCUT2D eigenvalue weighted by Crippen LogP contribution is 2.23. The first-order valence-corrected chi connectivity index (χ1v) is 5.03. The molecule has 0 radical (unpaired) electrons. The quantitative estimate of drug-likeness (QED) is 0.349. The van der Waals surface area contributed by atoms with Crippen molar-refractivity contribution in [2.24, 2.45) is 0 Å². The molecule has 0 bridgehead atoms. The highest BCUT2D eigenvalue weighted by atomic mass is 16.7. The summed E-state index contributed by atoms with van der Waals surface area (Å²) in [6, 6.07) is 0. The SMILES string of the molecule is CC1=C(C)C(O/C=C(C)/C=C/C(=O)O)OC1=O. The van der Waals surface area contributed by atoms with Gasteiger partial charge in [-0.05, 0) is 32.4 Å². The van der Waals surface area contributed by atoms with Gasteiger partial charge in [0.2, 0.25) is 0 Å². The molecule has 1 unspecified atom stereocenters. The normalized spacial score (nSPS) is 21.0. The Balaban J connectivity index is 2.61. The summed E-state index contributed by atoms with van der Waals surface area (Å²) in [6.07, 6.45) is 3.05. The number of hydrogen-bond acceptors (Lipinski definition) is 4. The lowest BCUT2D eigenvalue weighted by Crippen LogP contribution is -2.12. The lowest BCUT2D eigenvalue weighted by atomic mass is 10.2. The van der Waals surface area contributed by atoms with Crippen LogP contribution < -0.4 is 0 Å². The van der Waals surface area contributed by atoms with Gasteiger partial charge >= 0.3 is 11.9 Å². The molecule has 0 aliphatic carbocycles. The number of carboxylic acid groups (broad SMARTS) is 1. The summed E-state index contributed by atoms with van der Waals surface area (Å²) in [4.78, 5) is 21.5. The summed E-state index contributed by atoms with van der Waals surface area (Å²) < 4.78 is 10.2. The van der Waals surface area contributed by atoms with Crippen LogP contribution in [-0.2, 0) is 19.1 Å². The van der Waals surface area contributed by atoms with E-state index in [0.717, 1.165) is 11.6 Å². The molecule has 0 fully saturated rings. The first-order chi connectivity index (χ1) is 7.91. The maximum Gasteiger partial charge on any atom is 0.337 e. The van der Waals surface area contributed by atoms with E-state index in [4.69, 9.17) is 14.6 Å². The Kier molecular flexibility index (Phi) is 4.09. The van der Waals surface area contributed by atoms with E-state index in [2.05, 4.69) is 0 Å². The van der Waals surface area contributed by atoms with Gasteiger partial charge in [0.15, 0.2) is 0 Å². The number of cyclic esters (lactones) is 1. The zero-order valence-electron chi connectivity index (χ0n) is 9.89. The summed E-state index contributed by atoms with van der Waals surface area (Å²) >= 11 is 0. The van der Waals surface area contributed by atoms with Crippen molar-refractivity contribution < 1.29 is 24.2 Å². The topological polar surface area (TPSA) is 72.8 Å². The summed E-state index contributed by atoms with van der Waals surface area (Å²) in [5.74, 6) is -1.42. The number of carboxylic acids is 1. The van der Waals surface area contributed by atoms with Crippen LogP contribution in [0.5, 0.6) is 0 Å². The van der Waals surface area contributed by atoms with Gasteiger partial charge in [0.25, 0.3) is 6.29 Å². The van der Waals surface area contributed by atoms with E-state index in [0.29, 0.717) is 11.1 Å². The first-order valence-electron chi connectivity index (χ1n) is 5.03. The van der Waals surface area contributed by atoms with Gasteiger partial charge in [0, 0.05) is 17.2 Å². The van der Waals surface area contributed by atoms with Gasteiger partial charge in [-0.1, -0.05) is 0 Å². The number of esters is 1. The van der Waals surface area contributed by atoms with Crippen LogP contribution in [0.25, 0.3) is 0 Å². The summed E-state index contributed by atoms with van der Waals surface area (Å²) in [7, 11) is 0. The van der Waals surface area contributed by atoms with Gasteiger partial charge in [-0.15, -0.1) is 0 Å². The third-order valence-electron chi connectivity index (χ3n) is 2.33. The van der Waals surface area contributed by atoms with Crippen molar-refractivity contribution >= 4 is 11.9 Å². The molecular weight excluding hydrogens is 224 g/mol. The molecule has 17 heavy (non-hydrogen) atoms. The average Bonchev–Trinajstić information content (AvgIpc) is 2.51. The Labute approximate surface area is 99.0 Å². The van der Waals surface area contributed by atoms with E-state index in [-0.39, 0.29) is 5.97 Å². The minimum atomic E-state index is -1.03. The van der Waals surface area contributed by atoms with E-state index in [1.807, 2.05) is 0 Å². The number of rotatable bonds is 4. The fraction of sp³-hybridized carbons (Fsp3) is 0.333. The molecule has 92 valence electrons. The molecule has 1 heterocycles. The van der Waals surface area contributed by atoms with Crippen molar-refractivity contribution in [3.8, 4) is 0 Å². The van der Waals surface area contributed by atoms with Crippen molar-refractivity contribution in [3.05, 3.63) is 35.1 Å².